The van der Waals surface area contributed by atoms with Gasteiger partial charge in [-0.05, 0) is 39.3 Å². The van der Waals surface area contributed by atoms with Gasteiger partial charge in [-0.2, -0.15) is 0 Å². The Morgan fingerprint density at radius 2 is 2.00 bits per heavy atom. The summed E-state index contributed by atoms with van der Waals surface area (Å²) in [5, 5.41) is 3.33. The molecule has 1 saturated carbocycles. The van der Waals surface area contributed by atoms with Crippen molar-refractivity contribution in [2.45, 2.75) is 56.7 Å². The summed E-state index contributed by atoms with van der Waals surface area (Å²) < 4.78 is 5.68. The van der Waals surface area contributed by atoms with E-state index in [0.717, 1.165) is 12.6 Å². The SMILES string of the molecule is CNCC1CCCN1C1CCCCC1OC. The van der Waals surface area contributed by atoms with Crippen LogP contribution in [-0.4, -0.2) is 50.3 Å². The standard InChI is InChI=1S/C13H26N2O/c1-14-10-11-6-5-9-15(11)12-7-3-4-8-13(12)16-2/h11-14H,3-10H2,1-2H3. The Hall–Kier alpha value is -0.120. The molecule has 0 aromatic carbocycles. The van der Waals surface area contributed by atoms with Crippen molar-refractivity contribution in [2.24, 2.45) is 0 Å². The zero-order valence-corrected chi connectivity index (χ0v) is 10.7. The molecule has 0 amide bonds. The second-order valence-electron chi connectivity index (χ2n) is 5.22. The maximum atomic E-state index is 5.68. The van der Waals surface area contributed by atoms with Gasteiger partial charge in [0.2, 0.25) is 0 Å². The van der Waals surface area contributed by atoms with Crippen molar-refractivity contribution in [2.75, 3.05) is 27.2 Å². The highest BCUT2D eigenvalue weighted by molar-refractivity contribution is 4.91. The average Bonchev–Trinajstić information content (AvgIpc) is 2.77. The van der Waals surface area contributed by atoms with Crippen LogP contribution in [0.25, 0.3) is 0 Å². The zero-order valence-electron chi connectivity index (χ0n) is 10.7. The lowest BCUT2D eigenvalue weighted by molar-refractivity contribution is -0.0153. The van der Waals surface area contributed by atoms with E-state index in [0.29, 0.717) is 12.1 Å². The van der Waals surface area contributed by atoms with Crippen LogP contribution >= 0.6 is 0 Å². The molecule has 0 aromatic rings. The highest BCUT2D eigenvalue weighted by Crippen LogP contribution is 2.30. The Balaban J connectivity index is 1.97. The summed E-state index contributed by atoms with van der Waals surface area (Å²) in [4.78, 5) is 2.71. The molecule has 1 aliphatic carbocycles. The number of nitrogens with zero attached hydrogens (tertiary/aromatic N) is 1. The number of rotatable bonds is 4. The van der Waals surface area contributed by atoms with Gasteiger partial charge in [0.05, 0.1) is 6.10 Å². The van der Waals surface area contributed by atoms with Crippen molar-refractivity contribution < 1.29 is 4.74 Å². The van der Waals surface area contributed by atoms with E-state index in [2.05, 4.69) is 17.3 Å². The first-order valence-corrected chi connectivity index (χ1v) is 6.80. The van der Waals surface area contributed by atoms with Crippen molar-refractivity contribution in [3.63, 3.8) is 0 Å². The van der Waals surface area contributed by atoms with Gasteiger partial charge in [0.25, 0.3) is 0 Å². The summed E-state index contributed by atoms with van der Waals surface area (Å²) in [5.74, 6) is 0. The molecule has 2 aliphatic rings. The number of hydrogen-bond acceptors (Lipinski definition) is 3. The lowest BCUT2D eigenvalue weighted by atomic mass is 9.90. The number of nitrogens with one attached hydrogen (secondary N) is 1. The molecule has 94 valence electrons. The van der Waals surface area contributed by atoms with E-state index in [1.54, 1.807) is 0 Å². The molecule has 1 aliphatic heterocycles. The Kier molecular flexibility index (Phi) is 4.62. The Morgan fingerprint density at radius 3 is 2.75 bits per heavy atom. The van der Waals surface area contributed by atoms with Crippen LogP contribution in [0.3, 0.4) is 0 Å². The van der Waals surface area contributed by atoms with Crippen molar-refractivity contribution in [1.82, 2.24) is 10.2 Å². The number of hydrogen-bond donors (Lipinski definition) is 1. The summed E-state index contributed by atoms with van der Waals surface area (Å²) >= 11 is 0. The summed E-state index contributed by atoms with van der Waals surface area (Å²) in [7, 11) is 3.94. The fraction of sp³-hybridized carbons (Fsp3) is 1.00. The van der Waals surface area contributed by atoms with Crippen LogP contribution in [0.1, 0.15) is 38.5 Å². The molecule has 1 saturated heterocycles. The van der Waals surface area contributed by atoms with Crippen molar-refractivity contribution in [3.05, 3.63) is 0 Å². The first-order chi connectivity index (χ1) is 7.86. The molecule has 0 spiro atoms. The molecule has 0 aromatic heterocycles. The normalized spacial score (nSPS) is 36.8. The maximum Gasteiger partial charge on any atom is 0.0726 e. The van der Waals surface area contributed by atoms with Gasteiger partial charge in [0.15, 0.2) is 0 Å². The second kappa shape index (κ2) is 5.99. The maximum absolute atomic E-state index is 5.68. The largest absolute Gasteiger partial charge is 0.380 e. The third-order valence-corrected chi connectivity index (χ3v) is 4.26. The first-order valence-electron chi connectivity index (χ1n) is 6.80. The summed E-state index contributed by atoms with van der Waals surface area (Å²) in [5.41, 5.74) is 0. The van der Waals surface area contributed by atoms with Gasteiger partial charge >= 0.3 is 0 Å². The van der Waals surface area contributed by atoms with E-state index in [1.807, 2.05) is 7.11 Å². The van der Waals surface area contributed by atoms with Gasteiger partial charge in [0, 0.05) is 25.7 Å². The van der Waals surface area contributed by atoms with Crippen molar-refractivity contribution >= 4 is 0 Å². The van der Waals surface area contributed by atoms with Crippen molar-refractivity contribution in [1.29, 1.82) is 0 Å². The third-order valence-electron chi connectivity index (χ3n) is 4.26. The molecule has 3 unspecified atom stereocenters. The molecule has 2 rings (SSSR count). The molecule has 1 N–H and O–H groups in total. The van der Waals surface area contributed by atoms with Gasteiger partial charge in [-0.3, -0.25) is 4.90 Å². The van der Waals surface area contributed by atoms with Crippen LogP contribution in [0.2, 0.25) is 0 Å². The van der Waals surface area contributed by atoms with Gasteiger partial charge in [-0.15, -0.1) is 0 Å². The minimum absolute atomic E-state index is 0.478. The Labute approximate surface area is 99.5 Å². The summed E-state index contributed by atoms with van der Waals surface area (Å²) in [6, 6.07) is 1.42. The summed E-state index contributed by atoms with van der Waals surface area (Å²) in [6.45, 7) is 2.41. The van der Waals surface area contributed by atoms with E-state index >= 15 is 0 Å². The van der Waals surface area contributed by atoms with Crippen molar-refractivity contribution in [3.8, 4) is 0 Å². The number of methoxy groups -OCH3 is 1. The Bertz CT molecular complexity index is 210. The topological polar surface area (TPSA) is 24.5 Å². The quantitative estimate of drug-likeness (QED) is 0.788. The monoisotopic (exact) mass is 226 g/mol. The van der Waals surface area contributed by atoms with Crippen LogP contribution in [0.15, 0.2) is 0 Å². The molecule has 2 fully saturated rings. The lowest BCUT2D eigenvalue weighted by Crippen LogP contribution is -2.50. The van der Waals surface area contributed by atoms with E-state index in [1.165, 1.54) is 45.1 Å². The van der Waals surface area contributed by atoms with Crippen LogP contribution in [0.4, 0.5) is 0 Å². The predicted molar refractivity (Wildman–Crippen MR) is 66.7 cm³/mol. The minimum atomic E-state index is 0.478. The molecule has 0 bridgehead atoms. The smallest absolute Gasteiger partial charge is 0.0726 e. The summed E-state index contributed by atoms with van der Waals surface area (Å²) in [6.07, 6.45) is 8.51. The van der Waals surface area contributed by atoms with Crippen LogP contribution in [0, 0.1) is 0 Å². The molecule has 16 heavy (non-hydrogen) atoms. The molecular weight excluding hydrogens is 200 g/mol. The van der Waals surface area contributed by atoms with Gasteiger partial charge in [-0.1, -0.05) is 12.8 Å². The first kappa shape index (κ1) is 12.3. The third kappa shape index (κ3) is 2.58. The molecule has 3 atom stereocenters. The van der Waals surface area contributed by atoms with Gasteiger partial charge < -0.3 is 10.1 Å². The molecule has 1 heterocycles. The van der Waals surface area contributed by atoms with Crippen LogP contribution in [-0.2, 0) is 4.74 Å². The zero-order chi connectivity index (χ0) is 11.4. The average molecular weight is 226 g/mol. The fourth-order valence-electron chi connectivity index (χ4n) is 3.48. The molecule has 3 nitrogen and oxygen atoms in total. The van der Waals surface area contributed by atoms with E-state index in [4.69, 9.17) is 4.74 Å². The number of ether oxygens (including phenoxy) is 1. The highest BCUT2D eigenvalue weighted by atomic mass is 16.5. The minimum Gasteiger partial charge on any atom is -0.380 e. The number of likely N-dealkylation sites (N-methyl/N-ethyl adjacent to an activating group) is 1. The molecule has 3 heteroatoms. The fourth-order valence-corrected chi connectivity index (χ4v) is 3.48. The van der Waals surface area contributed by atoms with E-state index in [-0.39, 0.29) is 0 Å². The van der Waals surface area contributed by atoms with E-state index < -0.39 is 0 Å². The van der Waals surface area contributed by atoms with Gasteiger partial charge in [0.1, 0.15) is 0 Å². The predicted octanol–water partition coefficient (Wildman–Crippen LogP) is 1.63. The molecule has 0 radical (unpaired) electrons. The second-order valence-corrected chi connectivity index (χ2v) is 5.22. The lowest BCUT2D eigenvalue weighted by Gasteiger charge is -2.40. The highest BCUT2D eigenvalue weighted by Gasteiger charge is 2.36. The Morgan fingerprint density at radius 1 is 1.19 bits per heavy atom. The van der Waals surface area contributed by atoms with Crippen LogP contribution in [0.5, 0.6) is 0 Å². The molecular formula is C13H26N2O. The van der Waals surface area contributed by atoms with Crippen LogP contribution < -0.4 is 5.32 Å². The van der Waals surface area contributed by atoms with Gasteiger partial charge in [-0.25, -0.2) is 0 Å². The van der Waals surface area contributed by atoms with E-state index in [9.17, 15) is 0 Å². The number of likely N-dealkylation sites (tertiary alicyclic amines) is 1.